The lowest BCUT2D eigenvalue weighted by atomic mass is 10.2. The van der Waals surface area contributed by atoms with E-state index >= 15 is 0 Å². The first-order valence-electron chi connectivity index (χ1n) is 5.97. The quantitative estimate of drug-likeness (QED) is 0.889. The molecule has 0 fully saturated rings. The average Bonchev–Trinajstić information content (AvgIpc) is 2.42. The Labute approximate surface area is 124 Å². The average molecular weight is 317 g/mol. The van der Waals surface area contributed by atoms with Gasteiger partial charge in [-0.05, 0) is 24.6 Å². The van der Waals surface area contributed by atoms with E-state index in [1.165, 1.54) is 13.1 Å². The van der Waals surface area contributed by atoms with Crippen molar-refractivity contribution in [3.63, 3.8) is 0 Å². The predicted octanol–water partition coefficient (Wildman–Crippen LogP) is 4.24. The summed E-state index contributed by atoms with van der Waals surface area (Å²) in [4.78, 5) is 6.88. The van der Waals surface area contributed by atoms with Gasteiger partial charge in [0.15, 0.2) is 0 Å². The zero-order valence-corrected chi connectivity index (χ0v) is 12.0. The Hall–Kier alpha value is -2.02. The Morgan fingerprint density at radius 3 is 2.43 bits per heavy atom. The molecule has 0 atom stereocenters. The van der Waals surface area contributed by atoms with Gasteiger partial charge < -0.3 is 10.6 Å². The Morgan fingerprint density at radius 1 is 1.14 bits per heavy atom. The van der Waals surface area contributed by atoms with Gasteiger partial charge in [0.25, 0.3) is 0 Å². The fourth-order valence-electron chi connectivity index (χ4n) is 1.65. The van der Waals surface area contributed by atoms with Gasteiger partial charge in [0.2, 0.25) is 5.82 Å². The summed E-state index contributed by atoms with van der Waals surface area (Å²) in [6.45, 7) is 1.76. The number of alkyl halides is 3. The van der Waals surface area contributed by atoms with Crippen molar-refractivity contribution in [2.24, 2.45) is 0 Å². The summed E-state index contributed by atoms with van der Waals surface area (Å²) >= 11 is 5.98. The number of benzene rings is 1. The fourth-order valence-corrected chi connectivity index (χ4v) is 1.82. The minimum Gasteiger partial charge on any atom is -0.373 e. The third kappa shape index (κ3) is 3.55. The van der Waals surface area contributed by atoms with Gasteiger partial charge in [0.05, 0.1) is 0 Å². The van der Waals surface area contributed by atoms with Crippen molar-refractivity contribution in [3.05, 3.63) is 40.7 Å². The van der Waals surface area contributed by atoms with Crippen LogP contribution in [0.1, 0.15) is 11.4 Å². The number of halogens is 4. The first-order chi connectivity index (χ1) is 9.81. The lowest BCUT2D eigenvalue weighted by molar-refractivity contribution is -0.144. The highest BCUT2D eigenvalue weighted by molar-refractivity contribution is 6.31. The zero-order valence-electron chi connectivity index (χ0n) is 11.2. The lowest BCUT2D eigenvalue weighted by Crippen LogP contribution is -2.13. The molecule has 0 aliphatic heterocycles. The monoisotopic (exact) mass is 316 g/mol. The molecule has 2 N–H and O–H groups in total. The molecule has 112 valence electrons. The molecule has 0 radical (unpaired) electrons. The van der Waals surface area contributed by atoms with Crippen LogP contribution < -0.4 is 10.6 Å². The molecule has 0 spiro atoms. The molecular formula is C13H12ClF3N4. The zero-order chi connectivity index (χ0) is 15.6. The molecule has 8 heteroatoms. The normalized spacial score (nSPS) is 11.3. The topological polar surface area (TPSA) is 49.8 Å². The van der Waals surface area contributed by atoms with Crippen LogP contribution in [-0.2, 0) is 6.18 Å². The third-order valence-electron chi connectivity index (χ3n) is 2.77. The molecule has 21 heavy (non-hydrogen) atoms. The Kier molecular flexibility index (Phi) is 4.22. The molecular weight excluding hydrogens is 305 g/mol. The van der Waals surface area contributed by atoms with E-state index in [0.29, 0.717) is 10.7 Å². The highest BCUT2D eigenvalue weighted by atomic mass is 35.5. The second-order valence-corrected chi connectivity index (χ2v) is 4.65. The fraction of sp³-hybridized carbons (Fsp3) is 0.231. The molecule has 0 aliphatic rings. The van der Waals surface area contributed by atoms with Crippen LogP contribution in [0.15, 0.2) is 24.3 Å². The van der Waals surface area contributed by atoms with Crippen molar-refractivity contribution in [1.82, 2.24) is 9.97 Å². The summed E-state index contributed by atoms with van der Waals surface area (Å²) in [5, 5.41) is 5.91. The standard InChI is InChI=1S/C13H12ClF3N4/c1-7-8(14)4-3-5-9(7)19-11-6-10(18-2)20-12(21-11)13(15,16)17/h3-6H,1-2H3,(H2,18,19,20,21). The highest BCUT2D eigenvalue weighted by Crippen LogP contribution is 2.30. The van der Waals surface area contributed by atoms with Gasteiger partial charge in [-0.1, -0.05) is 17.7 Å². The van der Waals surface area contributed by atoms with Crippen LogP contribution in [0.2, 0.25) is 5.02 Å². The van der Waals surface area contributed by atoms with E-state index in [1.54, 1.807) is 25.1 Å². The molecule has 1 aromatic heterocycles. The van der Waals surface area contributed by atoms with Crippen LogP contribution in [-0.4, -0.2) is 17.0 Å². The van der Waals surface area contributed by atoms with Crippen LogP contribution in [0.3, 0.4) is 0 Å². The number of hydrogen-bond acceptors (Lipinski definition) is 4. The van der Waals surface area contributed by atoms with Crippen LogP contribution >= 0.6 is 11.6 Å². The summed E-state index contributed by atoms with van der Waals surface area (Å²) in [5.41, 5.74) is 1.30. The predicted molar refractivity (Wildman–Crippen MR) is 76.1 cm³/mol. The smallest absolute Gasteiger partial charge is 0.373 e. The second-order valence-electron chi connectivity index (χ2n) is 4.25. The van der Waals surface area contributed by atoms with Gasteiger partial charge in [0.1, 0.15) is 11.6 Å². The van der Waals surface area contributed by atoms with Gasteiger partial charge in [0, 0.05) is 23.8 Å². The van der Waals surface area contributed by atoms with E-state index in [2.05, 4.69) is 20.6 Å². The lowest BCUT2D eigenvalue weighted by Gasteiger charge is -2.13. The molecule has 0 aliphatic carbocycles. The van der Waals surface area contributed by atoms with Crippen molar-refractivity contribution in [1.29, 1.82) is 0 Å². The molecule has 2 rings (SSSR count). The number of nitrogens with zero attached hydrogens (tertiary/aromatic N) is 2. The number of anilines is 3. The van der Waals surface area contributed by atoms with Crippen molar-refractivity contribution in [3.8, 4) is 0 Å². The summed E-state index contributed by atoms with van der Waals surface area (Å²) < 4.78 is 38.3. The van der Waals surface area contributed by atoms with E-state index in [4.69, 9.17) is 11.6 Å². The maximum Gasteiger partial charge on any atom is 0.451 e. The number of aromatic nitrogens is 2. The molecule has 1 heterocycles. The van der Waals surface area contributed by atoms with E-state index in [1.807, 2.05) is 0 Å². The molecule has 4 nitrogen and oxygen atoms in total. The number of nitrogens with one attached hydrogen (secondary N) is 2. The van der Waals surface area contributed by atoms with E-state index in [-0.39, 0.29) is 11.6 Å². The summed E-state index contributed by atoms with van der Waals surface area (Å²) in [6.07, 6.45) is -4.62. The van der Waals surface area contributed by atoms with E-state index in [9.17, 15) is 13.2 Å². The van der Waals surface area contributed by atoms with Crippen LogP contribution in [0.25, 0.3) is 0 Å². The SMILES string of the molecule is CNc1cc(Nc2cccc(Cl)c2C)nc(C(F)(F)F)n1. The Bertz CT molecular complexity index is 658. The maximum absolute atomic E-state index is 12.8. The first kappa shape index (κ1) is 15.4. The second kappa shape index (κ2) is 5.77. The van der Waals surface area contributed by atoms with Crippen molar-refractivity contribution in [2.75, 3.05) is 17.7 Å². The highest BCUT2D eigenvalue weighted by Gasteiger charge is 2.35. The largest absolute Gasteiger partial charge is 0.451 e. The molecule has 2 aromatic rings. The van der Waals surface area contributed by atoms with Crippen LogP contribution in [0, 0.1) is 6.92 Å². The van der Waals surface area contributed by atoms with Crippen LogP contribution in [0.4, 0.5) is 30.5 Å². The molecule has 0 bridgehead atoms. The minimum absolute atomic E-state index is 0.0343. The van der Waals surface area contributed by atoms with Gasteiger partial charge in [-0.25, -0.2) is 9.97 Å². The molecule has 0 saturated carbocycles. The Balaban J connectivity index is 2.42. The summed E-state index contributed by atoms with van der Waals surface area (Å²) in [5.74, 6) is -1.11. The number of hydrogen-bond donors (Lipinski definition) is 2. The van der Waals surface area contributed by atoms with Crippen molar-refractivity contribution in [2.45, 2.75) is 13.1 Å². The van der Waals surface area contributed by atoms with Crippen LogP contribution in [0.5, 0.6) is 0 Å². The number of rotatable bonds is 3. The molecule has 0 unspecified atom stereocenters. The summed E-state index contributed by atoms with van der Waals surface area (Å²) in [6, 6.07) is 6.48. The van der Waals surface area contributed by atoms with Gasteiger partial charge in [-0.3, -0.25) is 0 Å². The molecule has 1 aromatic carbocycles. The first-order valence-corrected chi connectivity index (χ1v) is 6.35. The maximum atomic E-state index is 12.8. The van der Waals surface area contributed by atoms with E-state index in [0.717, 1.165) is 5.56 Å². The third-order valence-corrected chi connectivity index (χ3v) is 3.18. The Morgan fingerprint density at radius 2 is 1.81 bits per heavy atom. The van der Waals surface area contributed by atoms with Crippen molar-refractivity contribution < 1.29 is 13.2 Å². The minimum atomic E-state index is -4.62. The molecule has 0 saturated heterocycles. The summed E-state index contributed by atoms with van der Waals surface area (Å²) in [7, 11) is 1.48. The van der Waals surface area contributed by atoms with Gasteiger partial charge in [-0.15, -0.1) is 0 Å². The van der Waals surface area contributed by atoms with Crippen molar-refractivity contribution >= 4 is 28.9 Å². The van der Waals surface area contributed by atoms with Gasteiger partial charge in [-0.2, -0.15) is 13.2 Å². The van der Waals surface area contributed by atoms with E-state index < -0.39 is 12.0 Å². The van der Waals surface area contributed by atoms with Gasteiger partial charge >= 0.3 is 6.18 Å². The molecule has 0 amide bonds.